The SMILES string of the molecule is CCC(C)C(C(=O)NCC(=O)N(C)C(CC(C)C)C(=O)NC(CCSC)C(=O)N(C)C(C(=O)NCC(N)=O)C(C)C)N(C)C(C)=O. The normalized spacial score (nSPS) is 14.4. The molecule has 0 spiro atoms. The molecule has 14 nitrogen and oxygen atoms in total. The van der Waals surface area contributed by atoms with Crippen molar-refractivity contribution in [3.8, 4) is 0 Å². The van der Waals surface area contributed by atoms with Crippen LogP contribution in [0, 0.1) is 17.8 Å². The van der Waals surface area contributed by atoms with Crippen LogP contribution < -0.4 is 21.7 Å². The summed E-state index contributed by atoms with van der Waals surface area (Å²) in [5, 5.41) is 7.89. The lowest BCUT2D eigenvalue weighted by atomic mass is 9.97. The molecule has 7 amide bonds. The topological polar surface area (TPSA) is 191 Å². The summed E-state index contributed by atoms with van der Waals surface area (Å²) in [6.07, 6.45) is 3.06. The largest absolute Gasteiger partial charge is 0.368 e. The maximum absolute atomic E-state index is 13.7. The van der Waals surface area contributed by atoms with Crippen LogP contribution in [0.2, 0.25) is 0 Å². The number of hydrogen-bond acceptors (Lipinski definition) is 8. The number of carbonyl (C=O) groups is 7. The van der Waals surface area contributed by atoms with Crippen molar-refractivity contribution in [2.75, 3.05) is 46.2 Å². The van der Waals surface area contributed by atoms with Gasteiger partial charge in [0.2, 0.25) is 41.4 Å². The van der Waals surface area contributed by atoms with E-state index in [2.05, 4.69) is 16.0 Å². The minimum Gasteiger partial charge on any atom is -0.368 e. The third kappa shape index (κ3) is 13.6. The van der Waals surface area contributed by atoms with Crippen LogP contribution in [0.3, 0.4) is 0 Å². The molecule has 0 bridgehead atoms. The van der Waals surface area contributed by atoms with Gasteiger partial charge in [-0.2, -0.15) is 11.8 Å². The molecule has 0 aromatic heterocycles. The number of rotatable bonds is 20. The molecule has 0 heterocycles. The van der Waals surface area contributed by atoms with Crippen LogP contribution in [-0.4, -0.2) is 126 Å². The summed E-state index contributed by atoms with van der Waals surface area (Å²) in [7, 11) is 4.48. The van der Waals surface area contributed by atoms with Crippen LogP contribution in [0.5, 0.6) is 0 Å². The lowest BCUT2D eigenvalue weighted by Gasteiger charge is -2.34. The molecule has 0 rings (SSSR count). The van der Waals surface area contributed by atoms with Crippen molar-refractivity contribution < 1.29 is 33.6 Å². The van der Waals surface area contributed by atoms with Gasteiger partial charge in [-0.3, -0.25) is 33.6 Å². The number of carbonyl (C=O) groups excluding carboxylic acids is 7. The molecule has 0 fully saturated rings. The number of hydrogen-bond donors (Lipinski definition) is 4. The quantitative estimate of drug-likeness (QED) is 0.141. The highest BCUT2D eigenvalue weighted by Gasteiger charge is 2.36. The summed E-state index contributed by atoms with van der Waals surface area (Å²) < 4.78 is 0. The van der Waals surface area contributed by atoms with Crippen LogP contribution in [-0.2, 0) is 33.6 Å². The summed E-state index contributed by atoms with van der Waals surface area (Å²) in [4.78, 5) is 93.7. The minimum atomic E-state index is -0.994. The Morgan fingerprint density at radius 1 is 0.783 bits per heavy atom. The van der Waals surface area contributed by atoms with E-state index in [1.807, 2.05) is 34.0 Å². The van der Waals surface area contributed by atoms with Gasteiger partial charge in [-0.25, -0.2) is 0 Å². The van der Waals surface area contributed by atoms with Crippen molar-refractivity contribution in [2.45, 2.75) is 91.9 Å². The van der Waals surface area contributed by atoms with Crippen molar-refractivity contribution in [1.29, 1.82) is 0 Å². The zero-order chi connectivity index (χ0) is 35.9. The van der Waals surface area contributed by atoms with E-state index >= 15 is 0 Å². The van der Waals surface area contributed by atoms with Gasteiger partial charge >= 0.3 is 0 Å². The van der Waals surface area contributed by atoms with Crippen LogP contribution in [0.15, 0.2) is 0 Å². The van der Waals surface area contributed by atoms with Crippen molar-refractivity contribution in [3.05, 3.63) is 0 Å². The third-order valence-electron chi connectivity index (χ3n) is 7.96. The average Bonchev–Trinajstić information content (AvgIpc) is 2.98. The number of nitrogens with one attached hydrogen (secondary N) is 3. The summed E-state index contributed by atoms with van der Waals surface area (Å²) >= 11 is 1.49. The van der Waals surface area contributed by atoms with E-state index in [9.17, 15) is 33.6 Å². The third-order valence-corrected chi connectivity index (χ3v) is 8.61. The molecule has 15 heteroatoms. The van der Waals surface area contributed by atoms with Gasteiger partial charge in [0.05, 0.1) is 13.1 Å². The Morgan fingerprint density at radius 2 is 1.33 bits per heavy atom. The average molecular weight is 672 g/mol. The van der Waals surface area contributed by atoms with E-state index < -0.39 is 59.6 Å². The van der Waals surface area contributed by atoms with Gasteiger partial charge in [-0.05, 0) is 42.6 Å². The Kier molecular flexibility index (Phi) is 19.2. The molecule has 0 aromatic carbocycles. The van der Waals surface area contributed by atoms with Gasteiger partial charge in [-0.1, -0.05) is 48.0 Å². The Morgan fingerprint density at radius 3 is 1.78 bits per heavy atom. The molecule has 0 saturated carbocycles. The molecule has 5 unspecified atom stereocenters. The monoisotopic (exact) mass is 671 g/mol. The van der Waals surface area contributed by atoms with E-state index in [0.29, 0.717) is 12.2 Å². The smallest absolute Gasteiger partial charge is 0.245 e. The first-order valence-electron chi connectivity index (χ1n) is 15.7. The summed E-state index contributed by atoms with van der Waals surface area (Å²) in [6, 6.07) is -3.64. The van der Waals surface area contributed by atoms with Gasteiger partial charge in [-0.15, -0.1) is 0 Å². The predicted molar refractivity (Wildman–Crippen MR) is 179 cm³/mol. The van der Waals surface area contributed by atoms with E-state index in [0.717, 1.165) is 0 Å². The molecule has 0 radical (unpaired) electrons. The Labute approximate surface area is 278 Å². The second kappa shape index (κ2) is 20.7. The molecule has 0 aliphatic rings. The van der Waals surface area contributed by atoms with Gasteiger partial charge in [0.15, 0.2) is 0 Å². The Bertz CT molecular complexity index is 1070. The number of nitrogens with zero attached hydrogens (tertiary/aromatic N) is 3. The van der Waals surface area contributed by atoms with E-state index in [-0.39, 0.29) is 49.6 Å². The van der Waals surface area contributed by atoms with Gasteiger partial charge < -0.3 is 36.4 Å². The summed E-state index contributed by atoms with van der Waals surface area (Å²) in [5.74, 6) is -3.50. The molecule has 0 aliphatic carbocycles. The molecular weight excluding hydrogens is 614 g/mol. The number of thioether (sulfide) groups is 1. The zero-order valence-corrected chi connectivity index (χ0v) is 30.3. The molecular formula is C31H57N7O7S. The van der Waals surface area contributed by atoms with Crippen molar-refractivity contribution >= 4 is 53.1 Å². The number of likely N-dealkylation sites (N-methyl/N-ethyl adjacent to an activating group) is 3. The van der Waals surface area contributed by atoms with Crippen molar-refractivity contribution in [2.24, 2.45) is 23.5 Å². The highest BCUT2D eigenvalue weighted by Crippen LogP contribution is 2.17. The maximum Gasteiger partial charge on any atom is 0.245 e. The molecule has 0 aliphatic heterocycles. The highest BCUT2D eigenvalue weighted by molar-refractivity contribution is 7.98. The molecule has 0 aromatic rings. The van der Waals surface area contributed by atoms with Gasteiger partial charge in [0.1, 0.15) is 24.2 Å². The van der Waals surface area contributed by atoms with E-state index in [4.69, 9.17) is 5.73 Å². The molecule has 5 N–H and O–H groups in total. The van der Waals surface area contributed by atoms with Crippen LogP contribution >= 0.6 is 11.8 Å². The minimum absolute atomic E-state index is 0.00175. The second-order valence-electron chi connectivity index (χ2n) is 12.5. The number of primary amides is 1. The fourth-order valence-corrected chi connectivity index (χ4v) is 5.51. The van der Waals surface area contributed by atoms with E-state index in [1.54, 1.807) is 20.9 Å². The van der Waals surface area contributed by atoms with Crippen LogP contribution in [0.25, 0.3) is 0 Å². The van der Waals surface area contributed by atoms with Crippen molar-refractivity contribution in [3.63, 3.8) is 0 Å². The summed E-state index contributed by atoms with van der Waals surface area (Å²) in [6.45, 7) is 11.7. The first kappa shape index (κ1) is 42.6. The fourth-order valence-electron chi connectivity index (χ4n) is 5.04. The maximum atomic E-state index is 13.7. The summed E-state index contributed by atoms with van der Waals surface area (Å²) in [5.41, 5.74) is 5.16. The standard InChI is InChI=1S/C31H57N7O7S/c1-12-20(6)27(36(8)21(7)39)30(44)34-17-25(41)37(9)23(15-18(2)3)28(42)35-22(13-14-46-11)31(45)38(10)26(19(4)5)29(43)33-16-24(32)40/h18-20,22-23,26-27H,12-17H2,1-11H3,(H2,32,40)(H,33,43)(H,34,44)(H,35,42). The number of amides is 7. The van der Waals surface area contributed by atoms with Crippen LogP contribution in [0.1, 0.15) is 67.7 Å². The molecule has 46 heavy (non-hydrogen) atoms. The lowest BCUT2D eigenvalue weighted by Crippen LogP contribution is -2.59. The molecule has 264 valence electrons. The molecule has 0 saturated heterocycles. The fraction of sp³-hybridized carbons (Fsp3) is 0.774. The second-order valence-corrected chi connectivity index (χ2v) is 13.5. The Balaban J connectivity index is 6.01. The highest BCUT2D eigenvalue weighted by atomic mass is 32.2. The number of nitrogens with two attached hydrogens (primary N) is 1. The zero-order valence-electron chi connectivity index (χ0n) is 29.5. The lowest BCUT2D eigenvalue weighted by molar-refractivity contribution is -0.145. The predicted octanol–water partition coefficient (Wildman–Crippen LogP) is 0.191. The molecule has 5 atom stereocenters. The van der Waals surface area contributed by atoms with Crippen molar-refractivity contribution in [1.82, 2.24) is 30.7 Å². The first-order chi connectivity index (χ1) is 21.3. The first-order valence-corrected chi connectivity index (χ1v) is 17.1. The van der Waals surface area contributed by atoms with Gasteiger partial charge in [0.25, 0.3) is 0 Å². The van der Waals surface area contributed by atoms with Gasteiger partial charge in [0, 0.05) is 28.1 Å². The van der Waals surface area contributed by atoms with E-state index in [1.165, 1.54) is 47.5 Å². The van der Waals surface area contributed by atoms with Crippen LogP contribution in [0.4, 0.5) is 0 Å². The Hall–Kier alpha value is -3.36.